The van der Waals surface area contributed by atoms with Crippen molar-refractivity contribution in [3.05, 3.63) is 106 Å². The number of aryl methyl sites for hydroxylation is 2. The SMILES string of the molecule is Cc1ccc(/C(O)=C2\C(=O)C(=O)N(c3ccc(C)cc3)C2c2ccc(F)cc2)cc1. The smallest absolute Gasteiger partial charge is 0.300 e. The molecule has 1 fully saturated rings. The first-order chi connectivity index (χ1) is 14.4. The lowest BCUT2D eigenvalue weighted by atomic mass is 9.95. The van der Waals surface area contributed by atoms with Crippen LogP contribution in [-0.4, -0.2) is 16.8 Å². The van der Waals surface area contributed by atoms with Gasteiger partial charge in [0, 0.05) is 11.3 Å². The highest BCUT2D eigenvalue weighted by Crippen LogP contribution is 2.42. The van der Waals surface area contributed by atoms with Crippen LogP contribution < -0.4 is 4.90 Å². The molecule has 4 rings (SSSR count). The first-order valence-corrected chi connectivity index (χ1v) is 9.57. The monoisotopic (exact) mass is 401 g/mol. The summed E-state index contributed by atoms with van der Waals surface area (Å²) < 4.78 is 13.5. The van der Waals surface area contributed by atoms with Crippen LogP contribution in [0.25, 0.3) is 5.76 Å². The number of Topliss-reactive ketones (excluding diaryl/α,β-unsaturated/α-hetero) is 1. The molecule has 1 aliphatic rings. The number of aliphatic hydroxyl groups excluding tert-OH is 1. The second kappa shape index (κ2) is 7.59. The fourth-order valence-corrected chi connectivity index (χ4v) is 3.63. The Bertz CT molecular complexity index is 1150. The van der Waals surface area contributed by atoms with Crippen LogP contribution in [0.1, 0.15) is 28.3 Å². The summed E-state index contributed by atoms with van der Waals surface area (Å²) in [7, 11) is 0. The predicted molar refractivity (Wildman–Crippen MR) is 114 cm³/mol. The van der Waals surface area contributed by atoms with E-state index in [4.69, 9.17) is 0 Å². The number of carbonyl (C=O) groups excluding carboxylic acids is 2. The van der Waals surface area contributed by atoms with Crippen LogP contribution in [0, 0.1) is 19.7 Å². The van der Waals surface area contributed by atoms with Crippen molar-refractivity contribution in [2.24, 2.45) is 0 Å². The Morgan fingerprint density at radius 3 is 1.93 bits per heavy atom. The van der Waals surface area contributed by atoms with Crippen LogP contribution in [-0.2, 0) is 9.59 Å². The summed E-state index contributed by atoms with van der Waals surface area (Å²) in [4.78, 5) is 27.4. The molecule has 1 heterocycles. The molecule has 0 spiro atoms. The number of ketones is 1. The van der Waals surface area contributed by atoms with Crippen LogP contribution in [0.2, 0.25) is 0 Å². The Morgan fingerprint density at radius 2 is 1.37 bits per heavy atom. The maximum absolute atomic E-state index is 13.5. The number of nitrogens with zero attached hydrogens (tertiary/aromatic N) is 1. The average Bonchev–Trinajstić information content (AvgIpc) is 3.00. The van der Waals surface area contributed by atoms with E-state index in [2.05, 4.69) is 0 Å². The van der Waals surface area contributed by atoms with Crippen molar-refractivity contribution in [2.75, 3.05) is 4.90 Å². The minimum absolute atomic E-state index is 0.0176. The fourth-order valence-electron chi connectivity index (χ4n) is 3.63. The van der Waals surface area contributed by atoms with Gasteiger partial charge in [-0.2, -0.15) is 0 Å². The first kappa shape index (κ1) is 19.6. The largest absolute Gasteiger partial charge is 0.507 e. The van der Waals surface area contributed by atoms with Crippen LogP contribution in [0.5, 0.6) is 0 Å². The highest BCUT2D eigenvalue weighted by Gasteiger charge is 2.46. The van der Waals surface area contributed by atoms with Gasteiger partial charge in [0.05, 0.1) is 11.6 Å². The van der Waals surface area contributed by atoms with E-state index in [0.717, 1.165) is 11.1 Å². The molecule has 0 aliphatic carbocycles. The number of benzene rings is 3. The summed E-state index contributed by atoms with van der Waals surface area (Å²) in [5.74, 6) is -2.19. The van der Waals surface area contributed by atoms with Gasteiger partial charge >= 0.3 is 0 Å². The van der Waals surface area contributed by atoms with E-state index in [0.29, 0.717) is 16.8 Å². The topological polar surface area (TPSA) is 57.6 Å². The number of rotatable bonds is 3. The number of anilines is 1. The maximum atomic E-state index is 13.5. The number of halogens is 1. The minimum atomic E-state index is -0.866. The molecule has 1 unspecified atom stereocenters. The van der Waals surface area contributed by atoms with Crippen molar-refractivity contribution in [3.63, 3.8) is 0 Å². The van der Waals surface area contributed by atoms with Gasteiger partial charge in [-0.3, -0.25) is 14.5 Å². The van der Waals surface area contributed by atoms with Crippen molar-refractivity contribution in [2.45, 2.75) is 19.9 Å². The van der Waals surface area contributed by atoms with Gasteiger partial charge in [-0.15, -0.1) is 0 Å². The summed E-state index contributed by atoms with van der Waals surface area (Å²) >= 11 is 0. The first-order valence-electron chi connectivity index (χ1n) is 9.57. The molecule has 1 atom stereocenters. The van der Waals surface area contributed by atoms with E-state index in [1.807, 2.05) is 38.1 Å². The van der Waals surface area contributed by atoms with E-state index < -0.39 is 23.5 Å². The lowest BCUT2D eigenvalue weighted by Crippen LogP contribution is -2.29. The van der Waals surface area contributed by atoms with E-state index in [-0.39, 0.29) is 11.3 Å². The number of carbonyl (C=O) groups is 2. The van der Waals surface area contributed by atoms with E-state index in [9.17, 15) is 19.1 Å². The summed E-state index contributed by atoms with van der Waals surface area (Å²) in [6.07, 6.45) is 0. The van der Waals surface area contributed by atoms with Crippen LogP contribution >= 0.6 is 0 Å². The van der Waals surface area contributed by atoms with E-state index in [1.54, 1.807) is 24.3 Å². The second-order valence-electron chi connectivity index (χ2n) is 7.42. The summed E-state index contributed by atoms with van der Waals surface area (Å²) in [6.45, 7) is 3.84. The number of hydrogen-bond donors (Lipinski definition) is 1. The second-order valence-corrected chi connectivity index (χ2v) is 7.42. The summed E-state index contributed by atoms with van der Waals surface area (Å²) in [6, 6.07) is 19.0. The third kappa shape index (κ3) is 3.39. The van der Waals surface area contributed by atoms with Gasteiger partial charge in [0.25, 0.3) is 11.7 Å². The summed E-state index contributed by atoms with van der Waals surface area (Å²) in [5, 5.41) is 11.0. The van der Waals surface area contributed by atoms with Gasteiger partial charge in [-0.1, -0.05) is 59.7 Å². The quantitative estimate of drug-likeness (QED) is 0.379. The van der Waals surface area contributed by atoms with Gasteiger partial charge < -0.3 is 5.11 Å². The normalized spacial score (nSPS) is 18.1. The van der Waals surface area contributed by atoms with Crippen molar-refractivity contribution in [1.29, 1.82) is 0 Å². The molecule has 150 valence electrons. The zero-order chi connectivity index (χ0) is 21.4. The standard InChI is InChI=1S/C25H20FNO3/c1-15-3-7-18(8-4-15)23(28)21-22(17-9-11-19(26)12-10-17)27(25(30)24(21)29)20-13-5-16(2)6-14-20/h3-14,22,28H,1-2H3/b23-21+. The van der Waals surface area contributed by atoms with Crippen LogP contribution in [0.4, 0.5) is 10.1 Å². The number of amides is 1. The van der Waals surface area contributed by atoms with Crippen molar-refractivity contribution in [3.8, 4) is 0 Å². The molecule has 4 nitrogen and oxygen atoms in total. The molecule has 3 aromatic rings. The average molecular weight is 401 g/mol. The molecule has 1 amide bonds. The molecular weight excluding hydrogens is 381 g/mol. The van der Waals surface area contributed by atoms with E-state index >= 15 is 0 Å². The fraction of sp³-hybridized carbons (Fsp3) is 0.120. The molecule has 0 radical (unpaired) electrons. The van der Waals surface area contributed by atoms with Crippen molar-refractivity contribution in [1.82, 2.24) is 0 Å². The Hall–Kier alpha value is -3.73. The number of hydrogen-bond acceptors (Lipinski definition) is 3. The number of aliphatic hydroxyl groups is 1. The highest BCUT2D eigenvalue weighted by atomic mass is 19.1. The van der Waals surface area contributed by atoms with Gasteiger partial charge in [0.1, 0.15) is 11.6 Å². The lowest BCUT2D eigenvalue weighted by Gasteiger charge is -2.25. The lowest BCUT2D eigenvalue weighted by molar-refractivity contribution is -0.132. The van der Waals surface area contributed by atoms with Crippen LogP contribution in [0.3, 0.4) is 0 Å². The summed E-state index contributed by atoms with van der Waals surface area (Å²) in [5.41, 5.74) is 3.49. The van der Waals surface area contributed by atoms with Gasteiger partial charge in [0.2, 0.25) is 0 Å². The molecular formula is C25H20FNO3. The third-order valence-corrected chi connectivity index (χ3v) is 5.27. The van der Waals surface area contributed by atoms with Crippen molar-refractivity contribution < 1.29 is 19.1 Å². The Labute approximate surface area is 173 Å². The molecule has 0 saturated carbocycles. The zero-order valence-corrected chi connectivity index (χ0v) is 16.6. The molecule has 1 N–H and O–H groups in total. The molecule has 0 aromatic heterocycles. The molecule has 1 saturated heterocycles. The minimum Gasteiger partial charge on any atom is -0.507 e. The molecule has 30 heavy (non-hydrogen) atoms. The Balaban J connectivity index is 1.93. The maximum Gasteiger partial charge on any atom is 0.300 e. The Morgan fingerprint density at radius 1 is 0.833 bits per heavy atom. The van der Waals surface area contributed by atoms with Gasteiger partial charge in [-0.05, 0) is 43.7 Å². The molecule has 3 aromatic carbocycles. The van der Waals surface area contributed by atoms with E-state index in [1.165, 1.54) is 29.2 Å². The van der Waals surface area contributed by atoms with Gasteiger partial charge in [0.15, 0.2) is 0 Å². The Kier molecular flexibility index (Phi) is 4.96. The third-order valence-electron chi connectivity index (χ3n) is 5.27. The molecule has 1 aliphatic heterocycles. The zero-order valence-electron chi connectivity index (χ0n) is 16.6. The molecule has 5 heteroatoms. The predicted octanol–water partition coefficient (Wildman–Crippen LogP) is 5.07. The van der Waals surface area contributed by atoms with Crippen molar-refractivity contribution >= 4 is 23.1 Å². The highest BCUT2D eigenvalue weighted by molar-refractivity contribution is 6.51. The van der Waals surface area contributed by atoms with Crippen LogP contribution in [0.15, 0.2) is 78.4 Å². The van der Waals surface area contributed by atoms with Gasteiger partial charge in [-0.25, -0.2) is 4.39 Å². The molecule has 0 bridgehead atoms.